The fourth-order valence-corrected chi connectivity index (χ4v) is 3.41. The summed E-state index contributed by atoms with van der Waals surface area (Å²) in [6, 6.07) is 10.5. The van der Waals surface area contributed by atoms with Crippen LogP contribution in [0.5, 0.6) is 23.0 Å². The van der Waals surface area contributed by atoms with E-state index in [1.807, 2.05) is 0 Å². The second-order valence-electron chi connectivity index (χ2n) is 7.25. The zero-order valence-electron chi connectivity index (χ0n) is 18.9. The molecule has 168 valence electrons. The van der Waals surface area contributed by atoms with E-state index in [4.69, 9.17) is 18.9 Å². The van der Waals surface area contributed by atoms with Gasteiger partial charge in [-0.1, -0.05) is 19.3 Å². The summed E-state index contributed by atoms with van der Waals surface area (Å²) in [7, 11) is 6.26. The van der Waals surface area contributed by atoms with Crippen LogP contribution < -0.4 is 18.9 Å². The lowest BCUT2D eigenvalue weighted by Gasteiger charge is -2.09. The molecule has 0 bridgehead atoms. The van der Waals surface area contributed by atoms with Gasteiger partial charge < -0.3 is 18.9 Å². The van der Waals surface area contributed by atoms with Gasteiger partial charge in [-0.25, -0.2) is 0 Å². The number of carbonyl (C=O) groups excluding carboxylic acids is 2. The molecule has 0 radical (unpaired) electrons. The highest BCUT2D eigenvalue weighted by atomic mass is 16.5. The van der Waals surface area contributed by atoms with Crippen LogP contribution in [0.25, 0.3) is 0 Å². The summed E-state index contributed by atoms with van der Waals surface area (Å²) in [6.45, 7) is 0. The van der Waals surface area contributed by atoms with E-state index >= 15 is 0 Å². The molecule has 0 aliphatic rings. The quantitative estimate of drug-likeness (QED) is 0.292. The Morgan fingerprint density at radius 2 is 0.903 bits per heavy atom. The molecule has 0 aliphatic carbocycles. The van der Waals surface area contributed by atoms with Gasteiger partial charge in [-0.15, -0.1) is 0 Å². The highest BCUT2D eigenvalue weighted by Crippen LogP contribution is 2.29. The van der Waals surface area contributed by atoms with Gasteiger partial charge in [0.1, 0.15) is 0 Å². The van der Waals surface area contributed by atoms with Crippen LogP contribution in [-0.2, 0) is 0 Å². The number of carbonyl (C=O) groups is 2. The Kier molecular flexibility index (Phi) is 9.88. The van der Waals surface area contributed by atoms with E-state index in [0.717, 1.165) is 32.1 Å². The van der Waals surface area contributed by atoms with Crippen molar-refractivity contribution in [2.45, 2.75) is 44.9 Å². The van der Waals surface area contributed by atoms with Crippen LogP contribution in [0, 0.1) is 0 Å². The first kappa shape index (κ1) is 24.3. The summed E-state index contributed by atoms with van der Waals surface area (Å²) < 4.78 is 20.9. The first-order valence-electron chi connectivity index (χ1n) is 10.5. The molecule has 6 nitrogen and oxygen atoms in total. The predicted molar refractivity (Wildman–Crippen MR) is 120 cm³/mol. The smallest absolute Gasteiger partial charge is 0.163 e. The lowest BCUT2D eigenvalue weighted by Crippen LogP contribution is -2.01. The average molecular weight is 429 g/mol. The summed E-state index contributed by atoms with van der Waals surface area (Å²) in [4.78, 5) is 24.8. The van der Waals surface area contributed by atoms with Crippen molar-refractivity contribution in [3.8, 4) is 23.0 Å². The number of hydrogen-bond donors (Lipinski definition) is 0. The van der Waals surface area contributed by atoms with Crippen molar-refractivity contribution >= 4 is 11.6 Å². The number of ether oxygens (including phenoxy) is 4. The molecular weight excluding hydrogens is 396 g/mol. The number of Topliss-reactive ketones (excluding diaryl/α,β-unsaturated/α-hetero) is 2. The van der Waals surface area contributed by atoms with Gasteiger partial charge in [0, 0.05) is 24.0 Å². The van der Waals surface area contributed by atoms with E-state index in [9.17, 15) is 9.59 Å². The van der Waals surface area contributed by atoms with Crippen molar-refractivity contribution in [3.05, 3.63) is 47.5 Å². The third-order valence-corrected chi connectivity index (χ3v) is 5.22. The maximum absolute atomic E-state index is 12.4. The van der Waals surface area contributed by atoms with Crippen molar-refractivity contribution in [1.29, 1.82) is 0 Å². The Balaban J connectivity index is 1.67. The lowest BCUT2D eigenvalue weighted by molar-refractivity contribution is 0.0973. The number of hydrogen-bond acceptors (Lipinski definition) is 6. The van der Waals surface area contributed by atoms with Gasteiger partial charge in [0.25, 0.3) is 0 Å². The van der Waals surface area contributed by atoms with Crippen LogP contribution >= 0.6 is 0 Å². The molecule has 0 unspecified atom stereocenters. The van der Waals surface area contributed by atoms with Gasteiger partial charge in [0.2, 0.25) is 0 Å². The molecule has 0 saturated carbocycles. The van der Waals surface area contributed by atoms with Crippen LogP contribution in [0.3, 0.4) is 0 Å². The average Bonchev–Trinajstić information content (AvgIpc) is 2.81. The standard InChI is InChI=1S/C25H32O6/c1-28-22-14-12-18(16-24(22)30-3)20(26)10-8-6-5-7-9-11-21(27)19-13-15-23(29-2)25(17-19)31-4/h12-17H,5-11H2,1-4H3. The topological polar surface area (TPSA) is 71.1 Å². The molecule has 0 aromatic heterocycles. The predicted octanol–water partition coefficient (Wildman–Crippen LogP) is 5.52. The summed E-state index contributed by atoms with van der Waals surface area (Å²) in [6.07, 6.45) is 5.58. The van der Waals surface area contributed by atoms with Crippen LogP contribution in [0.1, 0.15) is 65.7 Å². The highest BCUT2D eigenvalue weighted by molar-refractivity contribution is 5.97. The largest absolute Gasteiger partial charge is 0.493 e. The van der Waals surface area contributed by atoms with E-state index in [0.29, 0.717) is 47.0 Å². The summed E-state index contributed by atoms with van der Waals surface area (Å²) in [5.41, 5.74) is 1.27. The summed E-state index contributed by atoms with van der Waals surface area (Å²) in [5.74, 6) is 2.55. The lowest BCUT2D eigenvalue weighted by atomic mass is 10.0. The molecule has 0 aliphatic heterocycles. The zero-order valence-corrected chi connectivity index (χ0v) is 18.9. The Bertz CT molecular complexity index is 803. The summed E-state index contributed by atoms with van der Waals surface area (Å²) in [5, 5.41) is 0. The van der Waals surface area contributed by atoms with E-state index in [1.54, 1.807) is 64.8 Å². The minimum Gasteiger partial charge on any atom is -0.493 e. The second-order valence-corrected chi connectivity index (χ2v) is 7.25. The molecule has 0 heterocycles. The SMILES string of the molecule is COc1ccc(C(=O)CCCCCCCC(=O)c2ccc(OC)c(OC)c2)cc1OC. The van der Waals surface area contributed by atoms with E-state index < -0.39 is 0 Å². The van der Waals surface area contributed by atoms with Gasteiger partial charge >= 0.3 is 0 Å². The Labute approximate surface area is 184 Å². The van der Waals surface area contributed by atoms with Crippen LogP contribution in [0.4, 0.5) is 0 Å². The van der Waals surface area contributed by atoms with E-state index in [2.05, 4.69) is 0 Å². The number of ketones is 2. The van der Waals surface area contributed by atoms with Crippen molar-refractivity contribution < 1.29 is 28.5 Å². The van der Waals surface area contributed by atoms with Gasteiger partial charge in [-0.2, -0.15) is 0 Å². The molecule has 2 aromatic rings. The third kappa shape index (κ3) is 7.02. The number of benzene rings is 2. The van der Waals surface area contributed by atoms with Gasteiger partial charge in [-0.05, 0) is 49.2 Å². The molecule has 0 atom stereocenters. The molecule has 0 spiro atoms. The Morgan fingerprint density at radius 1 is 0.548 bits per heavy atom. The van der Waals surface area contributed by atoms with Crippen LogP contribution in [0.15, 0.2) is 36.4 Å². The van der Waals surface area contributed by atoms with Crippen molar-refractivity contribution in [1.82, 2.24) is 0 Å². The summed E-state index contributed by atoms with van der Waals surface area (Å²) >= 11 is 0. The maximum Gasteiger partial charge on any atom is 0.163 e. The third-order valence-electron chi connectivity index (χ3n) is 5.22. The number of rotatable bonds is 14. The molecule has 0 N–H and O–H groups in total. The fourth-order valence-electron chi connectivity index (χ4n) is 3.41. The number of methoxy groups -OCH3 is 4. The van der Waals surface area contributed by atoms with Crippen LogP contribution in [0.2, 0.25) is 0 Å². The minimum atomic E-state index is 0.101. The van der Waals surface area contributed by atoms with E-state index in [-0.39, 0.29) is 11.6 Å². The van der Waals surface area contributed by atoms with Gasteiger partial charge in [0.05, 0.1) is 28.4 Å². The molecule has 0 fully saturated rings. The fraction of sp³-hybridized carbons (Fsp3) is 0.440. The van der Waals surface area contributed by atoms with E-state index in [1.165, 1.54) is 0 Å². The maximum atomic E-state index is 12.4. The van der Waals surface area contributed by atoms with Crippen molar-refractivity contribution in [3.63, 3.8) is 0 Å². The Hall–Kier alpha value is -3.02. The van der Waals surface area contributed by atoms with Gasteiger partial charge in [0.15, 0.2) is 34.6 Å². The molecule has 6 heteroatoms. The van der Waals surface area contributed by atoms with Crippen molar-refractivity contribution in [2.24, 2.45) is 0 Å². The molecule has 31 heavy (non-hydrogen) atoms. The van der Waals surface area contributed by atoms with Crippen LogP contribution in [-0.4, -0.2) is 40.0 Å². The first-order valence-corrected chi connectivity index (χ1v) is 10.5. The zero-order chi connectivity index (χ0) is 22.6. The normalized spacial score (nSPS) is 10.5. The molecule has 2 rings (SSSR count). The highest BCUT2D eigenvalue weighted by Gasteiger charge is 2.12. The molecular formula is C25H32O6. The first-order chi connectivity index (χ1) is 15.0. The Morgan fingerprint density at radius 3 is 1.26 bits per heavy atom. The van der Waals surface area contributed by atoms with Gasteiger partial charge in [-0.3, -0.25) is 9.59 Å². The molecule has 0 saturated heterocycles. The monoisotopic (exact) mass is 428 g/mol. The van der Waals surface area contributed by atoms with Crippen molar-refractivity contribution in [2.75, 3.05) is 28.4 Å². The minimum absolute atomic E-state index is 0.101. The number of unbranched alkanes of at least 4 members (excludes halogenated alkanes) is 4. The second kappa shape index (κ2) is 12.6. The molecule has 0 amide bonds. The molecule has 2 aromatic carbocycles.